The largest absolute Gasteiger partial charge is 0.373 e. The molecule has 9 amide bonds. The van der Waals surface area contributed by atoms with E-state index in [0.717, 1.165) is 0 Å². The molecule has 0 spiro atoms. The summed E-state index contributed by atoms with van der Waals surface area (Å²) in [5.74, 6) is -8.40. The van der Waals surface area contributed by atoms with Gasteiger partial charge in [-0.15, -0.1) is 0 Å². The Kier molecular flexibility index (Phi) is 29.4. The van der Waals surface area contributed by atoms with E-state index in [2.05, 4.69) is 42.5 Å². The second kappa shape index (κ2) is 34.2. The van der Waals surface area contributed by atoms with Gasteiger partial charge in [-0.3, -0.25) is 43.2 Å². The van der Waals surface area contributed by atoms with Gasteiger partial charge in [-0.05, 0) is 154 Å². The summed E-state index contributed by atoms with van der Waals surface area (Å²) >= 11 is 0. The SMILES string of the molecule is CC(C)[C@H](NC(=O)[C@@H](NC(=O)[C@H](COC(C)(C)C)NC(=O)[C@H](C)NC(=O)[C@H](CC(=O)NC(c1ccccc1)(c1ccccc1)c1ccccc1)NC(=O)[C@@H](NC(=O)[C@H](COC(C)(C)C)NC(=O)[C@@H](N)[C@@H](C)OC(C)(C)C)[C@@H](C)OC(C)(C)C)[C@@H](C)OC(C)(C)C)C(N)=O. The third-order valence-corrected chi connectivity index (χ3v) is 14.2. The van der Waals surface area contributed by atoms with E-state index in [9.17, 15) is 28.8 Å². The Hall–Kier alpha value is -7.35. The number of hydrogen-bond acceptors (Lipinski definition) is 15. The Morgan fingerprint density at radius 3 is 1.05 bits per heavy atom. The molecule has 0 aliphatic heterocycles. The van der Waals surface area contributed by atoms with Crippen LogP contribution in [-0.2, 0) is 72.4 Å². The molecule has 0 saturated carbocycles. The predicted molar refractivity (Wildman–Crippen MR) is 355 cm³/mol. The summed E-state index contributed by atoms with van der Waals surface area (Å²) in [6.07, 6.45) is -3.77. The highest BCUT2D eigenvalue weighted by Crippen LogP contribution is 2.37. The highest BCUT2D eigenvalue weighted by atomic mass is 16.5. The molecule has 518 valence electrons. The zero-order chi connectivity index (χ0) is 70.8. The van der Waals surface area contributed by atoms with E-state index >= 15 is 14.4 Å². The highest BCUT2D eigenvalue weighted by Gasteiger charge is 2.43. The van der Waals surface area contributed by atoms with Crippen molar-refractivity contribution >= 4 is 53.2 Å². The molecule has 24 heteroatoms. The van der Waals surface area contributed by atoms with Crippen molar-refractivity contribution in [3.8, 4) is 0 Å². The van der Waals surface area contributed by atoms with E-state index in [1.54, 1.807) is 132 Å². The molecular formula is C69H108N10O14. The van der Waals surface area contributed by atoms with Crippen LogP contribution >= 0.6 is 0 Å². The summed E-state index contributed by atoms with van der Waals surface area (Å²) in [5, 5.41) is 21.8. The van der Waals surface area contributed by atoms with Crippen LogP contribution in [-0.4, -0.2) is 161 Å². The minimum atomic E-state index is -1.84. The van der Waals surface area contributed by atoms with Crippen molar-refractivity contribution in [2.24, 2.45) is 17.4 Å². The molecule has 0 aliphatic carbocycles. The summed E-state index contributed by atoms with van der Waals surface area (Å²) in [5.41, 5.74) is 8.43. The quantitative estimate of drug-likeness (QED) is 0.0382. The van der Waals surface area contributed by atoms with E-state index in [4.69, 9.17) is 35.2 Å². The first-order valence-electron chi connectivity index (χ1n) is 31.7. The molecular weight excluding hydrogens is 1190 g/mol. The van der Waals surface area contributed by atoms with Crippen molar-refractivity contribution < 1.29 is 66.8 Å². The molecule has 12 N–H and O–H groups in total. The van der Waals surface area contributed by atoms with E-state index in [-0.39, 0.29) is 6.61 Å². The van der Waals surface area contributed by atoms with E-state index in [1.807, 2.05) is 91.0 Å². The summed E-state index contributed by atoms with van der Waals surface area (Å²) in [6, 6.07) is 15.6. The number of carbonyl (C=O) groups excluding carboxylic acids is 9. The van der Waals surface area contributed by atoms with Crippen LogP contribution in [0.5, 0.6) is 0 Å². The van der Waals surface area contributed by atoms with Gasteiger partial charge in [-0.2, -0.15) is 0 Å². The van der Waals surface area contributed by atoms with Crippen LogP contribution in [0.25, 0.3) is 0 Å². The molecule has 0 bridgehead atoms. The Bertz CT molecular complexity index is 2860. The Labute approximate surface area is 550 Å². The number of primary amides is 1. The van der Waals surface area contributed by atoms with Crippen LogP contribution in [0.1, 0.15) is 169 Å². The molecule has 3 rings (SSSR count). The minimum absolute atomic E-state index is 0.385. The van der Waals surface area contributed by atoms with E-state index < -0.39 is 172 Å². The average molecular weight is 1300 g/mol. The maximum absolute atomic E-state index is 15.3. The Morgan fingerprint density at radius 2 is 0.710 bits per heavy atom. The molecule has 0 saturated heterocycles. The van der Waals surface area contributed by atoms with Gasteiger partial charge in [0.2, 0.25) is 53.2 Å². The molecule has 11 atom stereocenters. The molecule has 3 aromatic carbocycles. The Morgan fingerprint density at radius 1 is 0.387 bits per heavy atom. The zero-order valence-electron chi connectivity index (χ0n) is 58.6. The molecule has 3 aromatic rings. The van der Waals surface area contributed by atoms with E-state index in [1.165, 1.54) is 13.8 Å². The van der Waals surface area contributed by atoms with Crippen molar-refractivity contribution in [3.05, 3.63) is 108 Å². The number of carbonyl (C=O) groups is 9. The summed E-state index contributed by atoms with van der Waals surface area (Å²) in [7, 11) is 0. The van der Waals surface area contributed by atoms with Crippen LogP contribution in [0.2, 0.25) is 0 Å². The monoisotopic (exact) mass is 1300 g/mol. The van der Waals surface area contributed by atoms with Crippen LogP contribution in [0.4, 0.5) is 0 Å². The summed E-state index contributed by atoms with van der Waals surface area (Å²) in [4.78, 5) is 130. The first kappa shape index (κ1) is 79.9. The molecule has 0 fully saturated rings. The fourth-order valence-corrected chi connectivity index (χ4v) is 9.88. The van der Waals surface area contributed by atoms with Gasteiger partial charge >= 0.3 is 0 Å². The summed E-state index contributed by atoms with van der Waals surface area (Å²) in [6.45, 7) is 34.8. The maximum atomic E-state index is 15.3. The third kappa shape index (κ3) is 26.9. The standard InChI is InChI=1S/C69H108N10O14/c1-40(2)53(56(71)81)76-63(88)55(44(6)93-68(19,20)21)78-59(84)49(38-89-64(7,8)9)74-57(82)41(3)72-58(83)48(37-51(80)79-69(45-31-25-22-26-32-45,46-33-27-23-28-34-46)47-35-29-24-30-36-47)73-62(87)54(43(5)92-67(16,17)18)77-60(85)50(39-90-65(10,11)12)75-61(86)52(70)42(4)91-66(13,14)15/h22-36,40-44,48-50,52-55H,37-39,70H2,1-21H3,(H2,71,81)(H,72,83)(H,73,87)(H,74,82)(H,75,86)(H,76,88)(H,77,85)(H,78,84)(H,79,80)/t41-,42+,43+,44+,48-,49-,50-,52-,53-,54-,55-/m0/s1. The molecule has 0 unspecified atom stereocenters. The lowest BCUT2D eigenvalue weighted by Crippen LogP contribution is -2.64. The van der Waals surface area contributed by atoms with Gasteiger partial charge in [-0.1, -0.05) is 105 Å². The van der Waals surface area contributed by atoms with Gasteiger partial charge in [0.05, 0.1) is 66.0 Å². The van der Waals surface area contributed by atoms with Crippen molar-refractivity contribution in [1.82, 2.24) is 42.5 Å². The summed E-state index contributed by atoms with van der Waals surface area (Å²) < 4.78 is 30.4. The first-order chi connectivity index (χ1) is 42.7. The van der Waals surface area contributed by atoms with Gasteiger partial charge in [0.1, 0.15) is 53.9 Å². The fraction of sp³-hybridized carbons (Fsp3) is 0.609. The van der Waals surface area contributed by atoms with Crippen LogP contribution in [0.15, 0.2) is 91.0 Å². The number of hydrogen-bond donors (Lipinski definition) is 10. The number of nitrogens with one attached hydrogen (secondary N) is 8. The number of ether oxygens (including phenoxy) is 5. The maximum Gasteiger partial charge on any atom is 0.245 e. The van der Waals surface area contributed by atoms with Crippen molar-refractivity contribution in [2.75, 3.05) is 13.2 Å². The van der Waals surface area contributed by atoms with Crippen molar-refractivity contribution in [2.45, 2.75) is 252 Å². The zero-order valence-corrected chi connectivity index (χ0v) is 58.6. The lowest BCUT2D eigenvalue weighted by molar-refractivity contribution is -0.143. The van der Waals surface area contributed by atoms with Crippen LogP contribution in [0.3, 0.4) is 0 Å². The Balaban J connectivity index is 2.23. The molecule has 93 heavy (non-hydrogen) atoms. The number of rotatable bonds is 32. The molecule has 0 aliphatic rings. The van der Waals surface area contributed by atoms with Crippen LogP contribution in [0, 0.1) is 5.92 Å². The minimum Gasteiger partial charge on any atom is -0.373 e. The van der Waals surface area contributed by atoms with Crippen molar-refractivity contribution in [1.29, 1.82) is 0 Å². The number of nitrogens with two attached hydrogens (primary N) is 2. The first-order valence-corrected chi connectivity index (χ1v) is 31.7. The lowest BCUT2D eigenvalue weighted by Gasteiger charge is -2.37. The average Bonchev–Trinajstić information content (AvgIpc) is 0.756. The molecule has 0 heterocycles. The van der Waals surface area contributed by atoms with Crippen molar-refractivity contribution in [3.63, 3.8) is 0 Å². The van der Waals surface area contributed by atoms with Gasteiger partial charge in [0, 0.05) is 0 Å². The topological polar surface area (TPSA) is 348 Å². The van der Waals surface area contributed by atoms with Gasteiger partial charge in [0.15, 0.2) is 0 Å². The fourth-order valence-electron chi connectivity index (χ4n) is 9.88. The normalized spacial score (nSPS) is 16.0. The second-order valence-corrected chi connectivity index (χ2v) is 28.8. The molecule has 0 radical (unpaired) electrons. The molecule has 24 nitrogen and oxygen atoms in total. The number of amides is 9. The lowest BCUT2D eigenvalue weighted by atomic mass is 9.77. The van der Waals surface area contributed by atoms with Crippen LogP contribution < -0.4 is 54.0 Å². The number of benzene rings is 3. The van der Waals surface area contributed by atoms with Gasteiger partial charge in [0.25, 0.3) is 0 Å². The van der Waals surface area contributed by atoms with Gasteiger partial charge in [-0.25, -0.2) is 0 Å². The third-order valence-electron chi connectivity index (χ3n) is 14.2. The smallest absolute Gasteiger partial charge is 0.245 e. The molecule has 0 aromatic heterocycles. The highest BCUT2D eigenvalue weighted by molar-refractivity contribution is 5.99. The predicted octanol–water partition coefficient (Wildman–Crippen LogP) is 4.61. The van der Waals surface area contributed by atoms with Gasteiger partial charge < -0.3 is 77.7 Å². The second-order valence-electron chi connectivity index (χ2n) is 28.8. The van der Waals surface area contributed by atoms with E-state index in [0.29, 0.717) is 16.7 Å².